The second-order valence-electron chi connectivity index (χ2n) is 11.1. The molecule has 0 bridgehead atoms. The normalized spacial score (nSPS) is 17.5. The number of amidine groups is 1. The molecule has 0 saturated heterocycles. The first-order valence-electron chi connectivity index (χ1n) is 14.5. The summed E-state index contributed by atoms with van der Waals surface area (Å²) in [6.45, 7) is 0. The van der Waals surface area contributed by atoms with Crippen LogP contribution in [0.3, 0.4) is 0 Å². The Morgan fingerprint density at radius 1 is 0.571 bits per heavy atom. The fourth-order valence-electron chi connectivity index (χ4n) is 6.79. The third-order valence-corrected chi connectivity index (χ3v) is 10.0. The molecule has 1 aliphatic carbocycles. The number of hydrogen-bond acceptors (Lipinski definition) is 3. The molecule has 6 aromatic carbocycles. The average Bonchev–Trinajstić information content (AvgIpc) is 3.58. The van der Waals surface area contributed by atoms with Gasteiger partial charge in [-0.25, -0.2) is 0 Å². The lowest BCUT2D eigenvalue weighted by Gasteiger charge is -2.29. The van der Waals surface area contributed by atoms with Crippen LogP contribution >= 0.6 is 11.8 Å². The summed E-state index contributed by atoms with van der Waals surface area (Å²) in [4.78, 5) is 9.05. The first-order valence-corrected chi connectivity index (χ1v) is 15.3. The molecule has 0 N–H and O–H groups in total. The van der Waals surface area contributed by atoms with Crippen molar-refractivity contribution in [1.29, 1.82) is 0 Å². The first kappa shape index (κ1) is 23.8. The number of anilines is 2. The number of hydrogen-bond donors (Lipinski definition) is 0. The lowest BCUT2D eigenvalue weighted by Crippen LogP contribution is -2.28. The number of fused-ring (bicyclic) bond motifs is 6. The van der Waals surface area contributed by atoms with Crippen LogP contribution in [0.15, 0.2) is 156 Å². The molecular formula is C39H26N2S. The molecule has 2 aliphatic heterocycles. The number of thioether (sulfide) groups is 1. The minimum atomic E-state index is 0.140. The third kappa shape index (κ3) is 3.64. The van der Waals surface area contributed by atoms with Crippen molar-refractivity contribution in [1.82, 2.24) is 0 Å². The van der Waals surface area contributed by atoms with Crippen molar-refractivity contribution in [3.63, 3.8) is 0 Å². The summed E-state index contributed by atoms with van der Waals surface area (Å²) in [5.74, 6) is 1.28. The van der Waals surface area contributed by atoms with E-state index in [1.165, 1.54) is 54.6 Å². The Kier molecular flexibility index (Phi) is 5.29. The molecule has 42 heavy (non-hydrogen) atoms. The zero-order valence-corrected chi connectivity index (χ0v) is 23.6. The van der Waals surface area contributed by atoms with Gasteiger partial charge in [-0.1, -0.05) is 121 Å². The van der Waals surface area contributed by atoms with Gasteiger partial charge in [-0.05, 0) is 86.1 Å². The Hall–Kier alpha value is -4.86. The number of benzene rings is 6. The van der Waals surface area contributed by atoms with Gasteiger partial charge >= 0.3 is 0 Å². The number of nitrogens with zero attached hydrogens (tertiary/aromatic N) is 2. The summed E-state index contributed by atoms with van der Waals surface area (Å²) >= 11 is 1.87. The predicted octanol–water partition coefficient (Wildman–Crippen LogP) is 10.5. The van der Waals surface area contributed by atoms with Gasteiger partial charge < -0.3 is 0 Å². The van der Waals surface area contributed by atoms with Crippen molar-refractivity contribution in [2.75, 3.05) is 4.90 Å². The Morgan fingerprint density at radius 3 is 2.12 bits per heavy atom. The van der Waals surface area contributed by atoms with Crippen LogP contribution in [0.1, 0.15) is 11.5 Å². The molecule has 2 heterocycles. The van der Waals surface area contributed by atoms with E-state index in [0.717, 1.165) is 17.2 Å². The Labute approximate surface area is 249 Å². The van der Waals surface area contributed by atoms with Gasteiger partial charge in [-0.15, -0.1) is 0 Å². The fraction of sp³-hybridized carbons (Fsp3) is 0.0513. The maximum absolute atomic E-state index is 5.38. The van der Waals surface area contributed by atoms with Crippen LogP contribution in [-0.2, 0) is 0 Å². The number of dihydropyridines is 1. The lowest BCUT2D eigenvalue weighted by atomic mass is 9.97. The van der Waals surface area contributed by atoms with E-state index in [2.05, 4.69) is 151 Å². The standard InChI is InChI=1S/C39H26N2S/c1-2-8-25(9-3-1)26-16-18-28(19-17-26)41(37-23-22-34-31-12-4-5-15-36(31)42-39(34)40-37)29-20-21-30-32-13-6-10-27-11-7-14-33(38(27)32)35(30)24-29/h1-24,34,39H. The maximum Gasteiger partial charge on any atom is 0.133 e. The van der Waals surface area contributed by atoms with Crippen molar-refractivity contribution < 1.29 is 0 Å². The van der Waals surface area contributed by atoms with Crippen LogP contribution in [0, 0.1) is 0 Å². The van der Waals surface area contributed by atoms with E-state index in [1.807, 2.05) is 11.8 Å². The van der Waals surface area contributed by atoms with Gasteiger partial charge in [0, 0.05) is 22.2 Å². The molecular weight excluding hydrogens is 529 g/mol. The Bertz CT molecular complexity index is 2070. The molecule has 198 valence electrons. The van der Waals surface area contributed by atoms with E-state index in [9.17, 15) is 0 Å². The van der Waals surface area contributed by atoms with E-state index in [4.69, 9.17) is 4.99 Å². The van der Waals surface area contributed by atoms with Gasteiger partial charge in [0.1, 0.15) is 11.2 Å². The highest BCUT2D eigenvalue weighted by Crippen LogP contribution is 2.50. The molecule has 0 radical (unpaired) electrons. The molecule has 3 aliphatic rings. The zero-order chi connectivity index (χ0) is 27.6. The topological polar surface area (TPSA) is 15.6 Å². The van der Waals surface area contributed by atoms with Crippen molar-refractivity contribution in [3.05, 3.63) is 151 Å². The maximum atomic E-state index is 5.38. The molecule has 0 fully saturated rings. The molecule has 9 rings (SSSR count). The summed E-state index contributed by atoms with van der Waals surface area (Å²) in [5.41, 5.74) is 11.2. The van der Waals surface area contributed by atoms with Gasteiger partial charge in [-0.3, -0.25) is 9.89 Å². The fourth-order valence-corrected chi connectivity index (χ4v) is 8.09. The smallest absolute Gasteiger partial charge is 0.133 e. The van der Waals surface area contributed by atoms with Crippen LogP contribution in [-0.4, -0.2) is 11.2 Å². The van der Waals surface area contributed by atoms with E-state index in [-0.39, 0.29) is 5.37 Å². The van der Waals surface area contributed by atoms with E-state index in [1.54, 1.807) is 0 Å². The first-order chi connectivity index (χ1) is 20.8. The minimum absolute atomic E-state index is 0.140. The Morgan fingerprint density at radius 2 is 1.29 bits per heavy atom. The van der Waals surface area contributed by atoms with Crippen LogP contribution in [0.5, 0.6) is 0 Å². The van der Waals surface area contributed by atoms with Gasteiger partial charge in [0.15, 0.2) is 0 Å². The predicted molar refractivity (Wildman–Crippen MR) is 178 cm³/mol. The van der Waals surface area contributed by atoms with Crippen molar-refractivity contribution in [2.24, 2.45) is 4.99 Å². The molecule has 0 saturated carbocycles. The zero-order valence-electron chi connectivity index (χ0n) is 22.8. The van der Waals surface area contributed by atoms with Crippen molar-refractivity contribution in [2.45, 2.75) is 16.2 Å². The van der Waals surface area contributed by atoms with Gasteiger partial charge in [0.25, 0.3) is 0 Å². The van der Waals surface area contributed by atoms with Gasteiger partial charge in [-0.2, -0.15) is 0 Å². The minimum Gasteiger partial charge on any atom is -0.295 e. The van der Waals surface area contributed by atoms with Crippen LogP contribution in [0.2, 0.25) is 0 Å². The quantitative estimate of drug-likeness (QED) is 0.216. The molecule has 6 aromatic rings. The number of aliphatic imine (C=N–C) groups is 1. The summed E-state index contributed by atoms with van der Waals surface area (Å²) in [6.07, 6.45) is 4.57. The summed E-state index contributed by atoms with van der Waals surface area (Å²) < 4.78 is 0. The summed E-state index contributed by atoms with van der Waals surface area (Å²) in [5, 5.41) is 2.78. The molecule has 2 nitrogen and oxygen atoms in total. The monoisotopic (exact) mass is 554 g/mol. The summed E-state index contributed by atoms with van der Waals surface area (Å²) in [7, 11) is 0. The lowest BCUT2D eigenvalue weighted by molar-refractivity contribution is 0.798. The molecule has 0 spiro atoms. The van der Waals surface area contributed by atoms with Gasteiger partial charge in [0.05, 0.1) is 0 Å². The third-order valence-electron chi connectivity index (χ3n) is 8.75. The van der Waals surface area contributed by atoms with E-state index < -0.39 is 0 Å². The van der Waals surface area contributed by atoms with E-state index in [0.29, 0.717) is 5.92 Å². The highest BCUT2D eigenvalue weighted by atomic mass is 32.2. The Balaban J connectivity index is 1.17. The number of rotatable bonds is 3. The molecule has 2 unspecified atom stereocenters. The largest absolute Gasteiger partial charge is 0.295 e. The van der Waals surface area contributed by atoms with Gasteiger partial charge in [0.2, 0.25) is 0 Å². The van der Waals surface area contributed by atoms with Crippen molar-refractivity contribution in [3.8, 4) is 33.4 Å². The van der Waals surface area contributed by atoms with Crippen LogP contribution < -0.4 is 4.90 Å². The second kappa shape index (κ2) is 9.34. The molecule has 3 heteroatoms. The van der Waals surface area contributed by atoms with E-state index >= 15 is 0 Å². The highest BCUT2D eigenvalue weighted by Gasteiger charge is 2.34. The highest BCUT2D eigenvalue weighted by molar-refractivity contribution is 8.00. The molecule has 0 amide bonds. The van der Waals surface area contributed by atoms with Crippen LogP contribution in [0.4, 0.5) is 11.4 Å². The SMILES string of the molecule is C1=CC2c3ccccc3SC2N=C1N(c1ccc(-c2ccccc2)cc1)c1ccc2c(c1)-c1cccc3cccc-2c13. The molecule has 2 atom stereocenters. The van der Waals surface area contributed by atoms with Crippen molar-refractivity contribution >= 4 is 39.7 Å². The van der Waals surface area contributed by atoms with Crippen LogP contribution in [0.25, 0.3) is 44.2 Å². The average molecular weight is 555 g/mol. The summed E-state index contributed by atoms with van der Waals surface area (Å²) in [6, 6.07) is 48.4. The second-order valence-corrected chi connectivity index (χ2v) is 12.3. The molecule has 0 aromatic heterocycles.